The molecule has 0 radical (unpaired) electrons. The molecule has 0 heterocycles. The molecule has 0 aromatic heterocycles. The molecule has 3 N–H and O–H groups in total. The zero-order valence-electron chi connectivity index (χ0n) is 15.6. The van der Waals surface area contributed by atoms with E-state index in [1.165, 1.54) is 13.0 Å². The summed E-state index contributed by atoms with van der Waals surface area (Å²) in [6.07, 6.45) is 17.4. The summed E-state index contributed by atoms with van der Waals surface area (Å²) in [6, 6.07) is 0. The lowest BCUT2D eigenvalue weighted by molar-refractivity contribution is -0.117. The van der Waals surface area contributed by atoms with E-state index in [2.05, 4.69) is 6.92 Å². The van der Waals surface area contributed by atoms with Crippen LogP contribution in [0.4, 0.5) is 0 Å². The highest BCUT2D eigenvalue weighted by atomic mass is 16.3. The summed E-state index contributed by atoms with van der Waals surface area (Å²) in [6.45, 7) is 3.66. The molecule has 0 spiro atoms. The van der Waals surface area contributed by atoms with Gasteiger partial charge < -0.3 is 20.1 Å². The van der Waals surface area contributed by atoms with Gasteiger partial charge in [0.15, 0.2) is 0 Å². The predicted octanol–water partition coefficient (Wildman–Crippen LogP) is 3.63. The SMILES string of the molecule is CCCCC[C@H](O)/C=C/C=C\C=C\C=C\[C@@H](O)[C@@H](O)CCCC(C)=O. The van der Waals surface area contributed by atoms with Crippen molar-refractivity contribution in [1.29, 1.82) is 0 Å². The van der Waals surface area contributed by atoms with E-state index in [-0.39, 0.29) is 11.9 Å². The molecule has 0 amide bonds. The molecule has 0 saturated carbocycles. The third-order valence-electron chi connectivity index (χ3n) is 3.72. The van der Waals surface area contributed by atoms with Gasteiger partial charge in [-0.15, -0.1) is 0 Å². The van der Waals surface area contributed by atoms with Crippen LogP contribution in [0.5, 0.6) is 0 Å². The molecule has 4 heteroatoms. The maximum Gasteiger partial charge on any atom is 0.129 e. The largest absolute Gasteiger partial charge is 0.390 e. The number of rotatable bonds is 14. The smallest absolute Gasteiger partial charge is 0.129 e. The Hall–Kier alpha value is -1.49. The van der Waals surface area contributed by atoms with E-state index in [1.807, 2.05) is 18.2 Å². The predicted molar refractivity (Wildman–Crippen MR) is 103 cm³/mol. The Morgan fingerprint density at radius 3 is 2.04 bits per heavy atom. The van der Waals surface area contributed by atoms with Crippen molar-refractivity contribution in [1.82, 2.24) is 0 Å². The first kappa shape index (κ1) is 23.5. The molecule has 0 saturated heterocycles. The lowest BCUT2D eigenvalue weighted by Gasteiger charge is -2.13. The van der Waals surface area contributed by atoms with Crippen molar-refractivity contribution in [2.45, 2.75) is 77.1 Å². The average Bonchev–Trinajstić information content (AvgIpc) is 2.56. The Bertz CT molecular complexity index is 449. The van der Waals surface area contributed by atoms with E-state index in [9.17, 15) is 20.1 Å². The second kappa shape index (κ2) is 16.0. The van der Waals surface area contributed by atoms with Crippen molar-refractivity contribution in [3.63, 3.8) is 0 Å². The summed E-state index contributed by atoms with van der Waals surface area (Å²) in [5.41, 5.74) is 0. The van der Waals surface area contributed by atoms with Gasteiger partial charge in [-0.2, -0.15) is 0 Å². The van der Waals surface area contributed by atoms with Gasteiger partial charge in [0, 0.05) is 6.42 Å². The third-order valence-corrected chi connectivity index (χ3v) is 3.72. The first-order valence-corrected chi connectivity index (χ1v) is 9.19. The average molecular weight is 350 g/mol. The van der Waals surface area contributed by atoms with Crippen LogP contribution >= 0.6 is 0 Å². The number of ketones is 1. The number of aliphatic hydroxyl groups excluding tert-OH is 3. The molecule has 0 aromatic carbocycles. The Morgan fingerprint density at radius 1 is 0.840 bits per heavy atom. The highest BCUT2D eigenvalue weighted by molar-refractivity contribution is 5.75. The number of allylic oxidation sites excluding steroid dienone is 6. The molecule has 3 atom stereocenters. The molecule has 25 heavy (non-hydrogen) atoms. The zero-order valence-corrected chi connectivity index (χ0v) is 15.6. The van der Waals surface area contributed by atoms with Gasteiger partial charge >= 0.3 is 0 Å². The number of Topliss-reactive ketones (excluding diaryl/α,β-unsaturated/α-hetero) is 1. The molecule has 0 bridgehead atoms. The summed E-state index contributed by atoms with van der Waals surface area (Å²) < 4.78 is 0. The van der Waals surface area contributed by atoms with Gasteiger partial charge in [-0.1, -0.05) is 74.8 Å². The van der Waals surface area contributed by atoms with Gasteiger partial charge in [-0.25, -0.2) is 0 Å². The second-order valence-electron chi connectivity index (χ2n) is 6.25. The van der Waals surface area contributed by atoms with Gasteiger partial charge in [-0.05, 0) is 26.2 Å². The minimum absolute atomic E-state index is 0.0921. The maximum atomic E-state index is 10.8. The number of carbonyl (C=O) groups is 1. The fourth-order valence-electron chi connectivity index (χ4n) is 2.19. The van der Waals surface area contributed by atoms with Gasteiger partial charge in [0.2, 0.25) is 0 Å². The molecule has 0 rings (SSSR count). The Morgan fingerprint density at radius 2 is 1.44 bits per heavy atom. The Labute approximate surface area is 152 Å². The van der Waals surface area contributed by atoms with Crippen LogP contribution in [0.3, 0.4) is 0 Å². The summed E-state index contributed by atoms with van der Waals surface area (Å²) in [7, 11) is 0. The molecule has 0 unspecified atom stereocenters. The molecule has 0 aliphatic carbocycles. The minimum Gasteiger partial charge on any atom is -0.390 e. The normalized spacial score (nSPS) is 16.4. The van der Waals surface area contributed by atoms with Crippen LogP contribution in [0, 0.1) is 0 Å². The third kappa shape index (κ3) is 15.8. The van der Waals surface area contributed by atoms with Gasteiger partial charge in [0.05, 0.1) is 18.3 Å². The van der Waals surface area contributed by atoms with Crippen molar-refractivity contribution < 1.29 is 20.1 Å². The standard InChI is InChI=1S/C21H34O4/c1-3-4-9-14-19(23)15-10-7-5-6-8-11-16-20(24)21(25)17-12-13-18(2)22/h5-8,10-11,15-16,19-21,23-25H,3-4,9,12-14,17H2,1-2H3/b7-5-,8-6+,15-10+,16-11+/t19-,20+,21-/m0/s1. The minimum atomic E-state index is -0.932. The van der Waals surface area contributed by atoms with E-state index in [0.29, 0.717) is 19.3 Å². The van der Waals surface area contributed by atoms with Crippen LogP contribution in [0.25, 0.3) is 0 Å². The quantitative estimate of drug-likeness (QED) is 0.330. The van der Waals surface area contributed by atoms with E-state index in [0.717, 1.165) is 25.7 Å². The topological polar surface area (TPSA) is 77.8 Å². The molecule has 0 aliphatic heterocycles. The molecular weight excluding hydrogens is 316 g/mol. The summed E-state index contributed by atoms with van der Waals surface area (Å²) in [5, 5.41) is 29.2. The highest BCUT2D eigenvalue weighted by Crippen LogP contribution is 2.07. The number of hydrogen-bond donors (Lipinski definition) is 3. The van der Waals surface area contributed by atoms with Gasteiger partial charge in [-0.3, -0.25) is 0 Å². The first-order chi connectivity index (χ1) is 12.0. The number of carbonyl (C=O) groups excluding carboxylic acids is 1. The summed E-state index contributed by atoms with van der Waals surface area (Å²) in [5.74, 6) is 0.0921. The second-order valence-corrected chi connectivity index (χ2v) is 6.25. The van der Waals surface area contributed by atoms with E-state index in [4.69, 9.17) is 0 Å². The van der Waals surface area contributed by atoms with Crippen molar-refractivity contribution in [2.75, 3.05) is 0 Å². The fraction of sp³-hybridized carbons (Fsp3) is 0.571. The van der Waals surface area contributed by atoms with Crippen molar-refractivity contribution in [2.24, 2.45) is 0 Å². The molecule has 142 valence electrons. The van der Waals surface area contributed by atoms with Crippen LogP contribution in [-0.4, -0.2) is 39.4 Å². The van der Waals surface area contributed by atoms with E-state index in [1.54, 1.807) is 24.3 Å². The lowest BCUT2D eigenvalue weighted by Crippen LogP contribution is -2.23. The summed E-state index contributed by atoms with van der Waals surface area (Å²) >= 11 is 0. The van der Waals surface area contributed by atoms with Crippen molar-refractivity contribution >= 4 is 5.78 Å². The molecule has 4 nitrogen and oxygen atoms in total. The van der Waals surface area contributed by atoms with Crippen LogP contribution in [0.2, 0.25) is 0 Å². The zero-order chi connectivity index (χ0) is 18.9. The number of unbranched alkanes of at least 4 members (excludes halogenated alkanes) is 2. The van der Waals surface area contributed by atoms with E-state index >= 15 is 0 Å². The first-order valence-electron chi connectivity index (χ1n) is 9.19. The Kier molecular flexibility index (Phi) is 15.1. The van der Waals surface area contributed by atoms with Crippen LogP contribution < -0.4 is 0 Å². The number of hydrogen-bond acceptors (Lipinski definition) is 4. The maximum absolute atomic E-state index is 10.8. The van der Waals surface area contributed by atoms with Crippen LogP contribution in [0.1, 0.15) is 58.8 Å². The molecular formula is C21H34O4. The monoisotopic (exact) mass is 350 g/mol. The molecule has 0 aromatic rings. The van der Waals surface area contributed by atoms with Crippen molar-refractivity contribution in [3.8, 4) is 0 Å². The fourth-order valence-corrected chi connectivity index (χ4v) is 2.19. The Balaban J connectivity index is 3.97. The van der Waals surface area contributed by atoms with Crippen LogP contribution in [-0.2, 0) is 4.79 Å². The van der Waals surface area contributed by atoms with Gasteiger partial charge in [0.25, 0.3) is 0 Å². The number of aliphatic hydroxyl groups is 3. The van der Waals surface area contributed by atoms with Crippen LogP contribution in [0.15, 0.2) is 48.6 Å². The van der Waals surface area contributed by atoms with E-state index < -0.39 is 12.2 Å². The molecule has 0 aliphatic rings. The summed E-state index contributed by atoms with van der Waals surface area (Å²) in [4.78, 5) is 10.8. The molecule has 0 fully saturated rings. The highest BCUT2D eigenvalue weighted by Gasteiger charge is 2.12. The van der Waals surface area contributed by atoms with Gasteiger partial charge in [0.1, 0.15) is 5.78 Å². The lowest BCUT2D eigenvalue weighted by atomic mass is 10.1. The van der Waals surface area contributed by atoms with Crippen molar-refractivity contribution in [3.05, 3.63) is 48.6 Å².